The Hall–Kier alpha value is -2.89. The number of carbonyl (C=O) groups excluding carboxylic acids is 2. The first-order valence-electron chi connectivity index (χ1n) is 9.33. The molecule has 27 heavy (non-hydrogen) atoms. The molecule has 2 aliphatic rings. The minimum atomic E-state index is -0.256. The summed E-state index contributed by atoms with van der Waals surface area (Å²) in [6.07, 6.45) is 3.66. The minimum absolute atomic E-state index is 0.0657. The number of amides is 2. The Balaban J connectivity index is 1.45. The van der Waals surface area contributed by atoms with Crippen molar-refractivity contribution in [2.75, 3.05) is 13.1 Å². The third-order valence-electron chi connectivity index (χ3n) is 5.80. The molecule has 2 saturated heterocycles. The number of nitrogens with one attached hydrogen (secondary N) is 2. The first-order chi connectivity index (χ1) is 13.0. The molecule has 2 amide bonds. The van der Waals surface area contributed by atoms with Gasteiger partial charge in [0.15, 0.2) is 5.43 Å². The summed E-state index contributed by atoms with van der Waals surface area (Å²) in [4.78, 5) is 42.0. The lowest BCUT2D eigenvalue weighted by Crippen LogP contribution is -2.52. The van der Waals surface area contributed by atoms with Gasteiger partial charge in [-0.15, -0.1) is 0 Å². The quantitative estimate of drug-likeness (QED) is 0.854. The number of hydrogen-bond acceptors (Lipinski definition) is 3. The van der Waals surface area contributed by atoms with Gasteiger partial charge in [-0.3, -0.25) is 14.4 Å². The summed E-state index contributed by atoms with van der Waals surface area (Å²) < 4.78 is 0. The van der Waals surface area contributed by atoms with Gasteiger partial charge in [0, 0.05) is 36.6 Å². The maximum Gasteiger partial charge on any atom is 0.259 e. The zero-order valence-electron chi connectivity index (χ0n) is 15.3. The Labute approximate surface area is 157 Å². The van der Waals surface area contributed by atoms with Crippen molar-refractivity contribution in [2.24, 2.45) is 0 Å². The Bertz CT molecular complexity index is 927. The molecule has 2 fully saturated rings. The van der Waals surface area contributed by atoms with Crippen LogP contribution < -0.4 is 10.7 Å². The molecule has 1 aromatic heterocycles. The van der Waals surface area contributed by atoms with Crippen molar-refractivity contribution in [3.63, 3.8) is 0 Å². The molecule has 2 N–H and O–H groups in total. The molecule has 2 aliphatic heterocycles. The second-order valence-electron chi connectivity index (χ2n) is 7.62. The van der Waals surface area contributed by atoms with Gasteiger partial charge in [-0.1, -0.05) is 30.3 Å². The van der Waals surface area contributed by atoms with Crippen LogP contribution in [-0.4, -0.2) is 40.3 Å². The molecule has 3 heterocycles. The molecule has 0 bridgehead atoms. The smallest absolute Gasteiger partial charge is 0.259 e. The van der Waals surface area contributed by atoms with Crippen LogP contribution in [0.3, 0.4) is 0 Å². The number of benzene rings is 1. The first kappa shape index (κ1) is 17.5. The number of piperidine rings is 1. The van der Waals surface area contributed by atoms with E-state index in [0.717, 1.165) is 17.7 Å². The molecule has 0 aliphatic carbocycles. The highest BCUT2D eigenvalue weighted by Crippen LogP contribution is 2.39. The summed E-state index contributed by atoms with van der Waals surface area (Å²) in [6, 6.07) is 11.3. The molecule has 0 radical (unpaired) electrons. The molecular weight excluding hydrogens is 342 g/mol. The first-order valence-corrected chi connectivity index (χ1v) is 9.33. The fourth-order valence-electron chi connectivity index (χ4n) is 4.22. The summed E-state index contributed by atoms with van der Waals surface area (Å²) in [5.41, 5.74) is 1.43. The third kappa shape index (κ3) is 3.27. The third-order valence-corrected chi connectivity index (χ3v) is 5.80. The van der Waals surface area contributed by atoms with E-state index in [9.17, 15) is 14.4 Å². The minimum Gasteiger partial charge on any atom is -0.364 e. The number of H-pyrrole nitrogens is 1. The van der Waals surface area contributed by atoms with E-state index in [1.807, 2.05) is 30.3 Å². The van der Waals surface area contributed by atoms with Crippen LogP contribution >= 0.6 is 0 Å². The second-order valence-corrected chi connectivity index (χ2v) is 7.62. The Morgan fingerprint density at radius 3 is 2.52 bits per heavy atom. The van der Waals surface area contributed by atoms with E-state index in [0.29, 0.717) is 25.9 Å². The summed E-state index contributed by atoms with van der Waals surface area (Å²) in [5.74, 6) is -0.306. The van der Waals surface area contributed by atoms with Crippen molar-refractivity contribution in [3.05, 3.63) is 69.6 Å². The van der Waals surface area contributed by atoms with E-state index in [2.05, 4.69) is 10.3 Å². The van der Waals surface area contributed by atoms with Crippen LogP contribution in [0.1, 0.15) is 46.8 Å². The number of rotatable bonds is 2. The van der Waals surface area contributed by atoms with Crippen LogP contribution in [0.25, 0.3) is 0 Å². The lowest BCUT2D eigenvalue weighted by atomic mass is 9.82. The molecule has 2 aromatic rings. The molecule has 0 saturated carbocycles. The van der Waals surface area contributed by atoms with Crippen LogP contribution in [0.2, 0.25) is 0 Å². The van der Waals surface area contributed by atoms with Gasteiger partial charge < -0.3 is 15.2 Å². The van der Waals surface area contributed by atoms with E-state index in [1.54, 1.807) is 11.8 Å². The van der Waals surface area contributed by atoms with Crippen molar-refractivity contribution >= 4 is 11.8 Å². The largest absolute Gasteiger partial charge is 0.364 e. The molecule has 1 spiro atoms. The molecule has 1 unspecified atom stereocenters. The zero-order valence-corrected chi connectivity index (χ0v) is 15.3. The van der Waals surface area contributed by atoms with E-state index in [1.165, 1.54) is 12.3 Å². The lowest BCUT2D eigenvalue weighted by Gasteiger charge is -2.39. The summed E-state index contributed by atoms with van der Waals surface area (Å²) in [7, 11) is 0. The van der Waals surface area contributed by atoms with Gasteiger partial charge in [0.2, 0.25) is 5.91 Å². The van der Waals surface area contributed by atoms with Gasteiger partial charge in [-0.25, -0.2) is 0 Å². The average Bonchev–Trinajstić information content (AvgIpc) is 2.98. The average molecular weight is 365 g/mol. The number of nitrogens with zero attached hydrogens (tertiary/aromatic N) is 1. The molecule has 1 atom stereocenters. The number of likely N-dealkylation sites (tertiary alicyclic amines) is 1. The fourth-order valence-corrected chi connectivity index (χ4v) is 4.22. The maximum absolute atomic E-state index is 12.7. The topological polar surface area (TPSA) is 82.3 Å². The highest BCUT2D eigenvalue weighted by atomic mass is 16.2. The van der Waals surface area contributed by atoms with Gasteiger partial charge in [0.25, 0.3) is 5.91 Å². The van der Waals surface area contributed by atoms with E-state index < -0.39 is 0 Å². The van der Waals surface area contributed by atoms with Crippen molar-refractivity contribution in [1.29, 1.82) is 0 Å². The number of aryl methyl sites for hydroxylation is 1. The predicted molar refractivity (Wildman–Crippen MR) is 102 cm³/mol. The van der Waals surface area contributed by atoms with Crippen molar-refractivity contribution in [1.82, 2.24) is 15.2 Å². The van der Waals surface area contributed by atoms with Crippen LogP contribution in [0.15, 0.2) is 47.4 Å². The van der Waals surface area contributed by atoms with Gasteiger partial charge in [0.05, 0.1) is 5.92 Å². The summed E-state index contributed by atoms with van der Waals surface area (Å²) >= 11 is 0. The Morgan fingerprint density at radius 1 is 1.15 bits per heavy atom. The molecule has 4 rings (SSSR count). The number of hydrogen-bond donors (Lipinski definition) is 2. The zero-order chi connectivity index (χ0) is 19.0. The SMILES string of the molecule is Cc1cc(=O)c(C(=O)N2CCC3(CC2)CC(c2ccccc2)C(=O)N3)c[nH]1. The Morgan fingerprint density at radius 2 is 1.85 bits per heavy atom. The van der Waals surface area contributed by atoms with E-state index in [-0.39, 0.29) is 34.3 Å². The number of carbonyl (C=O) groups is 2. The molecule has 140 valence electrons. The van der Waals surface area contributed by atoms with E-state index in [4.69, 9.17) is 0 Å². The second kappa shape index (κ2) is 6.68. The molecular formula is C21H23N3O3. The van der Waals surface area contributed by atoms with Gasteiger partial charge in [0.1, 0.15) is 5.56 Å². The number of aromatic amines is 1. The maximum atomic E-state index is 12.7. The van der Waals surface area contributed by atoms with Crippen LogP contribution in [0, 0.1) is 6.92 Å². The van der Waals surface area contributed by atoms with Gasteiger partial charge in [-0.05, 0) is 31.7 Å². The number of pyridine rings is 1. The van der Waals surface area contributed by atoms with Crippen LogP contribution in [0.4, 0.5) is 0 Å². The Kier molecular flexibility index (Phi) is 4.34. The van der Waals surface area contributed by atoms with E-state index >= 15 is 0 Å². The highest BCUT2D eigenvalue weighted by molar-refractivity contribution is 5.94. The monoisotopic (exact) mass is 365 g/mol. The summed E-state index contributed by atoms with van der Waals surface area (Å²) in [5, 5.41) is 3.19. The fraction of sp³-hybridized carbons (Fsp3) is 0.381. The molecule has 6 heteroatoms. The van der Waals surface area contributed by atoms with Crippen molar-refractivity contribution in [2.45, 2.75) is 37.6 Å². The van der Waals surface area contributed by atoms with Crippen LogP contribution in [0.5, 0.6) is 0 Å². The number of aromatic nitrogens is 1. The predicted octanol–water partition coefficient (Wildman–Crippen LogP) is 1.96. The highest BCUT2D eigenvalue weighted by Gasteiger charge is 2.46. The van der Waals surface area contributed by atoms with Gasteiger partial charge >= 0.3 is 0 Å². The van der Waals surface area contributed by atoms with Gasteiger partial charge in [-0.2, -0.15) is 0 Å². The standard InChI is InChI=1S/C21H23N3O3/c1-14-11-18(25)17(13-22-14)20(27)24-9-7-21(8-10-24)12-16(19(26)23-21)15-5-3-2-4-6-15/h2-6,11,13,16H,7-10,12H2,1H3,(H,22,25)(H,23,26). The summed E-state index contributed by atoms with van der Waals surface area (Å²) in [6.45, 7) is 2.86. The molecule has 6 nitrogen and oxygen atoms in total. The molecule has 1 aromatic carbocycles. The van der Waals surface area contributed by atoms with Crippen molar-refractivity contribution < 1.29 is 9.59 Å². The lowest BCUT2D eigenvalue weighted by molar-refractivity contribution is -0.121. The van der Waals surface area contributed by atoms with Crippen molar-refractivity contribution in [3.8, 4) is 0 Å². The normalized spacial score (nSPS) is 21.3. The van der Waals surface area contributed by atoms with Crippen LogP contribution in [-0.2, 0) is 4.79 Å².